The summed E-state index contributed by atoms with van der Waals surface area (Å²) in [6, 6.07) is 6.66. The SMILES string of the molecule is COc1ccc(C(=O)[C@@H](C)OC(=O)[C@@H]2[C@@H]3C[C@H]4[C@@H]2C(=O)O[C@@H]4C3)cc1. The molecule has 6 nitrogen and oxygen atoms in total. The second-order valence-corrected chi connectivity index (χ2v) is 7.09. The topological polar surface area (TPSA) is 78.9 Å². The number of ketones is 1. The van der Waals surface area contributed by atoms with Gasteiger partial charge in [0.05, 0.1) is 18.9 Å². The lowest BCUT2D eigenvalue weighted by Gasteiger charge is -2.24. The van der Waals surface area contributed by atoms with Crippen molar-refractivity contribution < 1.29 is 28.6 Å². The molecule has 4 rings (SSSR count). The summed E-state index contributed by atoms with van der Waals surface area (Å²) in [5.74, 6) is -0.953. The van der Waals surface area contributed by atoms with Crippen LogP contribution in [0.25, 0.3) is 0 Å². The lowest BCUT2D eigenvalue weighted by atomic mass is 9.80. The van der Waals surface area contributed by atoms with Gasteiger partial charge in [0.1, 0.15) is 11.9 Å². The first-order valence-corrected chi connectivity index (χ1v) is 8.59. The minimum absolute atomic E-state index is 0.0232. The summed E-state index contributed by atoms with van der Waals surface area (Å²) in [7, 11) is 1.55. The van der Waals surface area contributed by atoms with Crippen molar-refractivity contribution in [3.63, 3.8) is 0 Å². The third kappa shape index (κ3) is 2.51. The van der Waals surface area contributed by atoms with Crippen LogP contribution in [0.4, 0.5) is 0 Å². The van der Waals surface area contributed by atoms with Gasteiger partial charge in [0.25, 0.3) is 0 Å². The second kappa shape index (κ2) is 5.86. The third-order valence-corrected chi connectivity index (χ3v) is 5.79. The van der Waals surface area contributed by atoms with Gasteiger partial charge in [-0.05, 0) is 49.9 Å². The average molecular weight is 344 g/mol. The van der Waals surface area contributed by atoms with Crippen LogP contribution in [0.3, 0.4) is 0 Å². The quantitative estimate of drug-likeness (QED) is 0.600. The Hall–Kier alpha value is -2.37. The highest BCUT2D eigenvalue weighted by Gasteiger charge is 2.64. The van der Waals surface area contributed by atoms with Crippen LogP contribution in [0.1, 0.15) is 30.1 Å². The van der Waals surface area contributed by atoms with E-state index in [1.54, 1.807) is 38.3 Å². The van der Waals surface area contributed by atoms with Crippen LogP contribution in [0.15, 0.2) is 24.3 Å². The first kappa shape index (κ1) is 16.1. The van der Waals surface area contributed by atoms with Crippen LogP contribution in [-0.2, 0) is 19.1 Å². The standard InChI is InChI=1S/C19H20O6/c1-9(17(20)10-3-5-12(23-2)6-4-10)24-18(21)15-11-7-13-14(8-11)25-19(22)16(13)15/h3-6,9,11,13-16H,7-8H2,1-2H3/t9-,11-,13-,14-,15-,16+/m1/s1. The molecule has 25 heavy (non-hydrogen) atoms. The molecule has 0 N–H and O–H groups in total. The van der Waals surface area contributed by atoms with Crippen molar-refractivity contribution in [1.29, 1.82) is 0 Å². The molecule has 2 saturated carbocycles. The predicted molar refractivity (Wildman–Crippen MR) is 86.0 cm³/mol. The Bertz CT molecular complexity index is 722. The fraction of sp³-hybridized carbons (Fsp3) is 0.526. The fourth-order valence-electron chi connectivity index (χ4n) is 4.62. The molecule has 0 radical (unpaired) electrons. The Morgan fingerprint density at radius 2 is 1.92 bits per heavy atom. The molecule has 1 saturated heterocycles. The number of fused-ring (bicyclic) bond motifs is 1. The molecule has 3 fully saturated rings. The summed E-state index contributed by atoms with van der Waals surface area (Å²) < 4.78 is 15.8. The van der Waals surface area contributed by atoms with E-state index in [2.05, 4.69) is 0 Å². The average Bonchev–Trinajstić information content (AvgIpc) is 3.23. The van der Waals surface area contributed by atoms with Crippen molar-refractivity contribution in [2.75, 3.05) is 7.11 Å². The van der Waals surface area contributed by atoms with Gasteiger partial charge in [-0.25, -0.2) is 0 Å². The number of rotatable bonds is 5. The molecule has 1 heterocycles. The van der Waals surface area contributed by atoms with Crippen LogP contribution in [0, 0.1) is 23.7 Å². The van der Waals surface area contributed by atoms with Gasteiger partial charge in [0.2, 0.25) is 5.78 Å². The lowest BCUT2D eigenvalue weighted by molar-refractivity contribution is -0.157. The summed E-state index contributed by atoms with van der Waals surface area (Å²) in [6.07, 6.45) is 0.646. The number of benzene rings is 1. The van der Waals surface area contributed by atoms with Gasteiger partial charge >= 0.3 is 11.9 Å². The number of ether oxygens (including phenoxy) is 3. The molecule has 3 aliphatic rings. The molecule has 6 atom stereocenters. The number of Topliss-reactive ketones (excluding diaryl/α,β-unsaturated/α-hetero) is 1. The molecule has 0 spiro atoms. The van der Waals surface area contributed by atoms with Crippen molar-refractivity contribution in [2.45, 2.75) is 32.0 Å². The summed E-state index contributed by atoms with van der Waals surface area (Å²) in [5, 5.41) is 0. The van der Waals surface area contributed by atoms with E-state index in [1.807, 2.05) is 0 Å². The van der Waals surface area contributed by atoms with Gasteiger partial charge in [-0.3, -0.25) is 14.4 Å². The van der Waals surface area contributed by atoms with E-state index in [4.69, 9.17) is 14.2 Å². The molecule has 1 aromatic carbocycles. The summed E-state index contributed by atoms with van der Waals surface area (Å²) in [6.45, 7) is 1.56. The molecule has 2 bridgehead atoms. The Morgan fingerprint density at radius 1 is 1.20 bits per heavy atom. The third-order valence-electron chi connectivity index (χ3n) is 5.79. The van der Waals surface area contributed by atoms with Gasteiger partial charge in [-0.2, -0.15) is 0 Å². The number of carbonyl (C=O) groups is 3. The molecule has 1 aliphatic heterocycles. The zero-order valence-corrected chi connectivity index (χ0v) is 14.1. The van der Waals surface area contributed by atoms with E-state index in [0.29, 0.717) is 11.3 Å². The molecule has 132 valence electrons. The maximum Gasteiger partial charge on any atom is 0.310 e. The molecule has 2 aliphatic carbocycles. The largest absolute Gasteiger partial charge is 0.497 e. The van der Waals surface area contributed by atoms with E-state index in [-0.39, 0.29) is 35.6 Å². The van der Waals surface area contributed by atoms with Crippen LogP contribution >= 0.6 is 0 Å². The summed E-state index contributed by atoms with van der Waals surface area (Å²) in [4.78, 5) is 37.1. The smallest absolute Gasteiger partial charge is 0.310 e. The molecule has 6 heteroatoms. The first-order chi connectivity index (χ1) is 12.0. The summed E-state index contributed by atoms with van der Waals surface area (Å²) in [5.41, 5.74) is 0.453. The Morgan fingerprint density at radius 3 is 2.60 bits per heavy atom. The van der Waals surface area contributed by atoms with Crippen LogP contribution in [0.5, 0.6) is 5.75 Å². The zero-order chi connectivity index (χ0) is 17.7. The predicted octanol–water partition coefficient (Wildman–Crippen LogP) is 2.01. The maximum atomic E-state index is 12.6. The monoisotopic (exact) mass is 344 g/mol. The number of methoxy groups -OCH3 is 1. The van der Waals surface area contributed by atoms with E-state index in [0.717, 1.165) is 12.8 Å². The van der Waals surface area contributed by atoms with Crippen molar-refractivity contribution in [2.24, 2.45) is 23.7 Å². The van der Waals surface area contributed by atoms with Crippen molar-refractivity contribution in [3.05, 3.63) is 29.8 Å². The molecular weight excluding hydrogens is 324 g/mol. The van der Waals surface area contributed by atoms with Crippen molar-refractivity contribution in [3.8, 4) is 5.75 Å². The Balaban J connectivity index is 1.43. The van der Waals surface area contributed by atoms with Gasteiger partial charge in [0, 0.05) is 11.5 Å². The zero-order valence-electron chi connectivity index (χ0n) is 14.1. The first-order valence-electron chi connectivity index (χ1n) is 8.59. The van der Waals surface area contributed by atoms with Crippen LogP contribution in [0.2, 0.25) is 0 Å². The van der Waals surface area contributed by atoms with Gasteiger partial charge in [0.15, 0.2) is 6.10 Å². The van der Waals surface area contributed by atoms with Gasteiger partial charge in [-0.1, -0.05) is 0 Å². The van der Waals surface area contributed by atoms with Gasteiger partial charge in [-0.15, -0.1) is 0 Å². The highest BCUT2D eigenvalue weighted by molar-refractivity contribution is 6.00. The number of hydrogen-bond acceptors (Lipinski definition) is 6. The molecular formula is C19H20O6. The van der Waals surface area contributed by atoms with E-state index < -0.39 is 18.0 Å². The number of esters is 2. The highest BCUT2D eigenvalue weighted by atomic mass is 16.6. The minimum Gasteiger partial charge on any atom is -0.497 e. The number of hydrogen-bond donors (Lipinski definition) is 0. The van der Waals surface area contributed by atoms with Crippen LogP contribution in [-0.4, -0.2) is 37.0 Å². The van der Waals surface area contributed by atoms with E-state index in [1.165, 1.54) is 0 Å². The molecule has 0 amide bonds. The highest BCUT2D eigenvalue weighted by Crippen LogP contribution is 2.58. The fourth-order valence-corrected chi connectivity index (χ4v) is 4.62. The van der Waals surface area contributed by atoms with Crippen molar-refractivity contribution >= 4 is 17.7 Å². The Kier molecular flexibility index (Phi) is 3.78. The van der Waals surface area contributed by atoms with E-state index >= 15 is 0 Å². The maximum absolute atomic E-state index is 12.6. The van der Waals surface area contributed by atoms with Crippen LogP contribution < -0.4 is 4.74 Å². The molecule has 0 unspecified atom stereocenters. The number of carbonyl (C=O) groups excluding carboxylic acids is 3. The lowest BCUT2D eigenvalue weighted by Crippen LogP contribution is -2.36. The molecule has 0 aromatic heterocycles. The van der Waals surface area contributed by atoms with Crippen molar-refractivity contribution in [1.82, 2.24) is 0 Å². The normalized spacial score (nSPS) is 33.0. The van der Waals surface area contributed by atoms with E-state index in [9.17, 15) is 14.4 Å². The minimum atomic E-state index is -0.895. The summed E-state index contributed by atoms with van der Waals surface area (Å²) >= 11 is 0. The van der Waals surface area contributed by atoms with Gasteiger partial charge < -0.3 is 14.2 Å². The second-order valence-electron chi connectivity index (χ2n) is 7.09. The molecule has 1 aromatic rings. The Labute approximate surface area is 145 Å².